The third kappa shape index (κ3) is 2.86. The molecule has 78 valence electrons. The molecule has 0 aromatic rings. The number of nitrogens with zero attached hydrogens (tertiary/aromatic N) is 1. The highest BCUT2D eigenvalue weighted by Gasteiger charge is 2.41. The molecule has 0 unspecified atom stereocenters. The van der Waals surface area contributed by atoms with Gasteiger partial charge in [0, 0.05) is 12.6 Å². The van der Waals surface area contributed by atoms with Crippen molar-refractivity contribution >= 4 is 0 Å². The lowest BCUT2D eigenvalue weighted by atomic mass is 9.96. The minimum absolute atomic E-state index is 0.182. The van der Waals surface area contributed by atoms with Crippen LogP contribution in [0.4, 0.5) is 13.2 Å². The summed E-state index contributed by atoms with van der Waals surface area (Å²) < 4.78 is 37.1. The van der Waals surface area contributed by atoms with Gasteiger partial charge in [0.15, 0.2) is 0 Å². The lowest BCUT2D eigenvalue weighted by Gasteiger charge is -2.36. The average molecular weight is 195 g/mol. The number of hydrogen-bond acceptors (Lipinski definition) is 1. The Morgan fingerprint density at radius 1 is 1.31 bits per heavy atom. The standard InChI is InChI=1S/C9H16F3N/c1-7(2)13-5-3-4-8(6-13)9(10,11)12/h7-8H,3-6H2,1-2H3/t8-/m1/s1. The molecule has 1 aliphatic rings. The maximum atomic E-state index is 12.4. The topological polar surface area (TPSA) is 3.24 Å². The van der Waals surface area contributed by atoms with Crippen molar-refractivity contribution in [3.63, 3.8) is 0 Å². The molecule has 0 saturated carbocycles. The predicted octanol–water partition coefficient (Wildman–Crippen LogP) is 2.67. The first kappa shape index (κ1) is 10.8. The summed E-state index contributed by atoms with van der Waals surface area (Å²) in [6.07, 6.45) is -3.04. The Hall–Kier alpha value is -0.250. The smallest absolute Gasteiger partial charge is 0.300 e. The number of piperidine rings is 1. The van der Waals surface area contributed by atoms with Gasteiger partial charge in [-0.1, -0.05) is 0 Å². The van der Waals surface area contributed by atoms with Gasteiger partial charge in [0.05, 0.1) is 5.92 Å². The Labute approximate surface area is 76.9 Å². The normalized spacial score (nSPS) is 26.8. The van der Waals surface area contributed by atoms with E-state index in [1.54, 1.807) is 0 Å². The van der Waals surface area contributed by atoms with Crippen LogP contribution >= 0.6 is 0 Å². The molecule has 0 bridgehead atoms. The van der Waals surface area contributed by atoms with Crippen LogP contribution in [-0.2, 0) is 0 Å². The maximum absolute atomic E-state index is 12.4. The molecule has 1 fully saturated rings. The van der Waals surface area contributed by atoms with Crippen LogP contribution in [0.3, 0.4) is 0 Å². The van der Waals surface area contributed by atoms with Crippen LogP contribution in [0.2, 0.25) is 0 Å². The van der Waals surface area contributed by atoms with Gasteiger partial charge in [-0.3, -0.25) is 0 Å². The van der Waals surface area contributed by atoms with Crippen LogP contribution in [0, 0.1) is 5.92 Å². The summed E-state index contributed by atoms with van der Waals surface area (Å²) in [5.41, 5.74) is 0. The molecule has 0 amide bonds. The third-order valence-corrected chi connectivity index (χ3v) is 2.65. The van der Waals surface area contributed by atoms with E-state index in [0.29, 0.717) is 12.8 Å². The van der Waals surface area contributed by atoms with Crippen LogP contribution in [0.1, 0.15) is 26.7 Å². The molecule has 1 heterocycles. The minimum atomic E-state index is -4.01. The van der Waals surface area contributed by atoms with Crippen LogP contribution in [0.15, 0.2) is 0 Å². The van der Waals surface area contributed by atoms with Crippen LogP contribution < -0.4 is 0 Å². The fraction of sp³-hybridized carbons (Fsp3) is 1.00. The lowest BCUT2D eigenvalue weighted by Crippen LogP contribution is -2.44. The van der Waals surface area contributed by atoms with Gasteiger partial charge < -0.3 is 4.90 Å². The van der Waals surface area contributed by atoms with Gasteiger partial charge >= 0.3 is 6.18 Å². The Morgan fingerprint density at radius 2 is 1.92 bits per heavy atom. The first-order valence-corrected chi connectivity index (χ1v) is 4.72. The lowest BCUT2D eigenvalue weighted by molar-refractivity contribution is -0.188. The second kappa shape index (κ2) is 3.86. The van der Waals surface area contributed by atoms with Crippen LogP contribution in [0.5, 0.6) is 0 Å². The molecule has 1 saturated heterocycles. The minimum Gasteiger partial charge on any atom is -0.300 e. The van der Waals surface area contributed by atoms with Gasteiger partial charge in [-0.15, -0.1) is 0 Å². The molecule has 1 nitrogen and oxygen atoms in total. The van der Waals surface area contributed by atoms with Crippen molar-refractivity contribution in [1.82, 2.24) is 4.90 Å². The van der Waals surface area contributed by atoms with E-state index in [-0.39, 0.29) is 12.6 Å². The quantitative estimate of drug-likeness (QED) is 0.621. The van der Waals surface area contributed by atoms with Gasteiger partial charge in [-0.05, 0) is 33.2 Å². The van der Waals surface area contributed by atoms with Gasteiger partial charge in [-0.2, -0.15) is 13.2 Å². The summed E-state index contributed by atoms with van der Waals surface area (Å²) in [4.78, 5) is 1.90. The van der Waals surface area contributed by atoms with Crippen molar-refractivity contribution in [1.29, 1.82) is 0 Å². The Morgan fingerprint density at radius 3 is 2.38 bits per heavy atom. The van der Waals surface area contributed by atoms with Crippen molar-refractivity contribution in [2.45, 2.75) is 38.9 Å². The van der Waals surface area contributed by atoms with Crippen LogP contribution in [0.25, 0.3) is 0 Å². The summed E-state index contributed by atoms with van der Waals surface area (Å²) >= 11 is 0. The van der Waals surface area contributed by atoms with Crippen molar-refractivity contribution in [2.24, 2.45) is 5.92 Å². The molecule has 1 atom stereocenters. The Kier molecular flexibility index (Phi) is 3.22. The highest BCUT2D eigenvalue weighted by atomic mass is 19.4. The number of rotatable bonds is 1. The molecular formula is C9H16F3N. The zero-order chi connectivity index (χ0) is 10.1. The van der Waals surface area contributed by atoms with E-state index < -0.39 is 12.1 Å². The molecule has 0 aromatic heterocycles. The van der Waals surface area contributed by atoms with Gasteiger partial charge in [-0.25, -0.2) is 0 Å². The summed E-state index contributed by atoms with van der Waals surface area (Å²) in [5.74, 6) is -1.11. The molecule has 1 rings (SSSR count). The summed E-state index contributed by atoms with van der Waals surface area (Å²) in [6, 6.07) is 0.227. The van der Waals surface area contributed by atoms with E-state index >= 15 is 0 Å². The van der Waals surface area contributed by atoms with E-state index in [0.717, 1.165) is 6.54 Å². The fourth-order valence-electron chi connectivity index (χ4n) is 1.74. The second-order valence-corrected chi connectivity index (χ2v) is 3.97. The van der Waals surface area contributed by atoms with Crippen molar-refractivity contribution < 1.29 is 13.2 Å². The summed E-state index contributed by atoms with van der Waals surface area (Å²) in [5, 5.41) is 0. The van der Waals surface area contributed by atoms with E-state index in [1.165, 1.54) is 0 Å². The highest BCUT2D eigenvalue weighted by Crippen LogP contribution is 2.33. The molecule has 13 heavy (non-hydrogen) atoms. The zero-order valence-electron chi connectivity index (χ0n) is 8.06. The average Bonchev–Trinajstić information content (AvgIpc) is 2.03. The van der Waals surface area contributed by atoms with Crippen molar-refractivity contribution in [3.8, 4) is 0 Å². The number of hydrogen-bond donors (Lipinski definition) is 0. The number of likely N-dealkylation sites (tertiary alicyclic amines) is 1. The van der Waals surface area contributed by atoms with Gasteiger partial charge in [0.2, 0.25) is 0 Å². The number of alkyl halides is 3. The molecule has 1 aliphatic heterocycles. The first-order valence-electron chi connectivity index (χ1n) is 4.72. The van der Waals surface area contributed by atoms with E-state index in [2.05, 4.69) is 0 Å². The zero-order valence-corrected chi connectivity index (χ0v) is 8.06. The molecule has 0 N–H and O–H groups in total. The molecule has 0 spiro atoms. The predicted molar refractivity (Wildman–Crippen MR) is 45.5 cm³/mol. The second-order valence-electron chi connectivity index (χ2n) is 3.97. The summed E-state index contributed by atoms with van der Waals surface area (Å²) in [7, 11) is 0. The van der Waals surface area contributed by atoms with Crippen LogP contribution in [-0.4, -0.2) is 30.2 Å². The highest BCUT2D eigenvalue weighted by molar-refractivity contribution is 4.79. The number of halogens is 3. The first-order chi connectivity index (χ1) is 5.91. The van der Waals surface area contributed by atoms with Gasteiger partial charge in [0.1, 0.15) is 0 Å². The summed E-state index contributed by atoms with van der Waals surface area (Å²) in [6.45, 7) is 4.88. The monoisotopic (exact) mass is 195 g/mol. The van der Waals surface area contributed by atoms with Crippen molar-refractivity contribution in [2.75, 3.05) is 13.1 Å². The Bertz CT molecular complexity index is 165. The van der Waals surface area contributed by atoms with E-state index in [1.807, 2.05) is 18.7 Å². The largest absolute Gasteiger partial charge is 0.393 e. The van der Waals surface area contributed by atoms with E-state index in [9.17, 15) is 13.2 Å². The van der Waals surface area contributed by atoms with Crippen molar-refractivity contribution in [3.05, 3.63) is 0 Å². The Balaban J connectivity index is 2.52. The molecule has 0 aromatic carbocycles. The SMILES string of the molecule is CC(C)N1CCC[C@@H](C(F)(F)F)C1. The molecule has 4 heteroatoms. The maximum Gasteiger partial charge on any atom is 0.393 e. The van der Waals surface area contributed by atoms with E-state index in [4.69, 9.17) is 0 Å². The molecule has 0 aliphatic carbocycles. The molecular weight excluding hydrogens is 179 g/mol. The molecule has 0 radical (unpaired) electrons. The third-order valence-electron chi connectivity index (χ3n) is 2.65. The van der Waals surface area contributed by atoms with Gasteiger partial charge in [0.25, 0.3) is 0 Å². The fourth-order valence-corrected chi connectivity index (χ4v) is 1.74.